The van der Waals surface area contributed by atoms with Crippen molar-refractivity contribution in [2.45, 2.75) is 63.7 Å². The Balaban J connectivity index is 1.61. The largest absolute Gasteiger partial charge is 0.497 e. The van der Waals surface area contributed by atoms with E-state index in [0.717, 1.165) is 29.2 Å². The van der Waals surface area contributed by atoms with Gasteiger partial charge >= 0.3 is 18.4 Å². The summed E-state index contributed by atoms with van der Waals surface area (Å²) in [5.41, 5.74) is 0.785. The highest BCUT2D eigenvalue weighted by atomic mass is 19.4. The Bertz CT molecular complexity index is 816. The minimum atomic E-state index is -5.72. The molecule has 2 aliphatic rings. The van der Waals surface area contributed by atoms with Gasteiger partial charge in [-0.1, -0.05) is 12.1 Å². The van der Waals surface area contributed by atoms with E-state index in [9.17, 15) is 31.1 Å². The smallest absolute Gasteiger partial charge is 0.434 e. The van der Waals surface area contributed by atoms with Gasteiger partial charge < -0.3 is 14.4 Å². The predicted octanol–water partition coefficient (Wildman–Crippen LogP) is 5.39. The van der Waals surface area contributed by atoms with Crippen molar-refractivity contribution in [2.24, 2.45) is 5.41 Å². The number of hydrogen-bond donors (Lipinski definition) is 0. The number of halogens is 6. The van der Waals surface area contributed by atoms with E-state index in [1.807, 2.05) is 24.3 Å². The van der Waals surface area contributed by atoms with Crippen molar-refractivity contribution in [1.29, 1.82) is 0 Å². The van der Waals surface area contributed by atoms with E-state index in [2.05, 4.69) is 23.5 Å². The number of rotatable bonds is 4. The number of amides is 1. The van der Waals surface area contributed by atoms with E-state index in [0.29, 0.717) is 19.4 Å². The van der Waals surface area contributed by atoms with Gasteiger partial charge in [0.05, 0.1) is 7.11 Å². The van der Waals surface area contributed by atoms with Crippen LogP contribution in [-0.4, -0.2) is 66.6 Å². The molecule has 1 aromatic carbocycles. The first-order valence-electron chi connectivity index (χ1n) is 10.6. The third kappa shape index (κ3) is 5.85. The average molecular weight is 482 g/mol. The van der Waals surface area contributed by atoms with Gasteiger partial charge in [-0.25, -0.2) is 4.79 Å². The lowest BCUT2D eigenvalue weighted by Gasteiger charge is -2.39. The highest BCUT2D eigenvalue weighted by Crippen LogP contribution is 2.48. The van der Waals surface area contributed by atoms with Crippen molar-refractivity contribution in [3.63, 3.8) is 0 Å². The zero-order chi connectivity index (χ0) is 24.7. The van der Waals surface area contributed by atoms with Crippen LogP contribution < -0.4 is 4.74 Å². The molecule has 5 nitrogen and oxygen atoms in total. The molecular formula is C22H28F6N2O3. The van der Waals surface area contributed by atoms with Crippen molar-refractivity contribution >= 4 is 6.09 Å². The number of ether oxygens (including phenoxy) is 2. The monoisotopic (exact) mass is 482 g/mol. The number of hydrogen-bond acceptors (Lipinski definition) is 4. The number of piperidine rings is 1. The Labute approximate surface area is 188 Å². The van der Waals surface area contributed by atoms with Gasteiger partial charge in [0.15, 0.2) is 0 Å². The minimum absolute atomic E-state index is 0.0493. The molecule has 1 amide bonds. The molecule has 33 heavy (non-hydrogen) atoms. The van der Waals surface area contributed by atoms with Gasteiger partial charge in [0.25, 0.3) is 6.10 Å². The van der Waals surface area contributed by atoms with Gasteiger partial charge in [-0.2, -0.15) is 26.3 Å². The first-order chi connectivity index (χ1) is 15.2. The van der Waals surface area contributed by atoms with Crippen molar-refractivity contribution in [2.75, 3.05) is 26.7 Å². The van der Waals surface area contributed by atoms with Crippen LogP contribution in [0.2, 0.25) is 0 Å². The van der Waals surface area contributed by atoms with Crippen LogP contribution in [0.5, 0.6) is 5.75 Å². The van der Waals surface area contributed by atoms with Crippen LogP contribution in [0.15, 0.2) is 24.3 Å². The zero-order valence-electron chi connectivity index (χ0n) is 18.7. The third-order valence-electron chi connectivity index (χ3n) is 6.62. The molecule has 0 radical (unpaired) electrons. The normalized spacial score (nSPS) is 21.0. The molecule has 186 valence electrons. The van der Waals surface area contributed by atoms with Gasteiger partial charge in [0, 0.05) is 31.7 Å². The van der Waals surface area contributed by atoms with Crippen LogP contribution in [0.4, 0.5) is 31.1 Å². The number of carbonyl (C=O) groups excluding carboxylic acids is 1. The summed E-state index contributed by atoms with van der Waals surface area (Å²) in [5, 5.41) is 0. The molecule has 0 N–H and O–H groups in total. The van der Waals surface area contributed by atoms with E-state index >= 15 is 0 Å². The van der Waals surface area contributed by atoms with Crippen molar-refractivity contribution in [3.05, 3.63) is 29.8 Å². The lowest BCUT2D eigenvalue weighted by Crippen LogP contribution is -2.50. The molecule has 0 atom stereocenters. The lowest BCUT2D eigenvalue weighted by molar-refractivity contribution is -0.308. The quantitative estimate of drug-likeness (QED) is 0.540. The molecule has 2 fully saturated rings. The second-order valence-electron chi connectivity index (χ2n) is 9.53. The van der Waals surface area contributed by atoms with Crippen LogP contribution in [0.1, 0.15) is 38.7 Å². The fourth-order valence-electron chi connectivity index (χ4n) is 4.92. The van der Waals surface area contributed by atoms with Crippen molar-refractivity contribution < 1.29 is 40.6 Å². The fourth-order valence-corrected chi connectivity index (χ4v) is 4.92. The van der Waals surface area contributed by atoms with Crippen LogP contribution in [0.3, 0.4) is 0 Å². The first kappa shape index (κ1) is 25.5. The van der Waals surface area contributed by atoms with E-state index < -0.39 is 24.5 Å². The summed E-state index contributed by atoms with van der Waals surface area (Å²) >= 11 is 0. The molecule has 0 bridgehead atoms. The molecule has 2 saturated heterocycles. The third-order valence-corrected chi connectivity index (χ3v) is 6.62. The van der Waals surface area contributed by atoms with Crippen molar-refractivity contribution in [1.82, 2.24) is 9.80 Å². The number of carbonyl (C=O) groups is 1. The molecule has 3 rings (SSSR count). The van der Waals surface area contributed by atoms with Gasteiger partial charge in [-0.15, -0.1) is 0 Å². The molecular weight excluding hydrogens is 454 g/mol. The highest BCUT2D eigenvalue weighted by Gasteiger charge is 2.60. The van der Waals surface area contributed by atoms with Crippen LogP contribution in [-0.2, 0) is 11.3 Å². The number of benzene rings is 1. The summed E-state index contributed by atoms with van der Waals surface area (Å²) in [6.45, 7) is 5.75. The van der Waals surface area contributed by atoms with Gasteiger partial charge in [0.1, 0.15) is 5.75 Å². The Morgan fingerprint density at radius 2 is 1.58 bits per heavy atom. The number of nitrogens with zero attached hydrogens (tertiary/aromatic N) is 2. The Hall–Kier alpha value is -2.17. The molecule has 2 aliphatic heterocycles. The molecule has 11 heteroatoms. The number of likely N-dealkylation sites (tertiary alicyclic amines) is 2. The summed E-state index contributed by atoms with van der Waals surface area (Å²) < 4.78 is 85.3. The highest BCUT2D eigenvalue weighted by molar-refractivity contribution is 5.68. The Kier molecular flexibility index (Phi) is 6.85. The van der Waals surface area contributed by atoms with Gasteiger partial charge in [-0.05, 0) is 56.2 Å². The summed E-state index contributed by atoms with van der Waals surface area (Å²) in [7, 11) is 1.59. The van der Waals surface area contributed by atoms with Crippen LogP contribution in [0, 0.1) is 5.41 Å². The van der Waals surface area contributed by atoms with E-state index in [1.54, 1.807) is 7.11 Å². The maximum absolute atomic E-state index is 12.7. The molecule has 0 aromatic heterocycles. The predicted molar refractivity (Wildman–Crippen MR) is 108 cm³/mol. The zero-order valence-corrected chi connectivity index (χ0v) is 18.7. The standard InChI is InChI=1S/C22H28F6N2O3/c1-19(2)13-20(14-30(19)12-15-4-6-16(32-3)7-5-15)8-10-29(11-9-20)18(31)33-17(21(23,24)25)22(26,27)28/h4-7,17H,8-14H2,1-3H3. The first-order valence-corrected chi connectivity index (χ1v) is 10.6. The van der Waals surface area contributed by atoms with E-state index in [1.165, 1.54) is 0 Å². The summed E-state index contributed by atoms with van der Waals surface area (Å²) in [4.78, 5) is 15.3. The summed E-state index contributed by atoms with van der Waals surface area (Å²) in [6.07, 6.45) is -15.4. The Morgan fingerprint density at radius 3 is 2.06 bits per heavy atom. The molecule has 2 heterocycles. The Morgan fingerprint density at radius 1 is 1.03 bits per heavy atom. The van der Waals surface area contributed by atoms with Crippen LogP contribution in [0.25, 0.3) is 0 Å². The van der Waals surface area contributed by atoms with Gasteiger partial charge in [-0.3, -0.25) is 4.90 Å². The molecule has 0 aliphatic carbocycles. The summed E-state index contributed by atoms with van der Waals surface area (Å²) in [6, 6.07) is 7.73. The van der Waals surface area contributed by atoms with Crippen LogP contribution >= 0.6 is 0 Å². The molecule has 1 spiro atoms. The SMILES string of the molecule is COc1ccc(CN2CC3(CCN(C(=O)OC(C(F)(F)F)C(F)(F)F)CC3)CC2(C)C)cc1. The molecule has 1 aromatic rings. The molecule has 0 saturated carbocycles. The lowest BCUT2D eigenvalue weighted by atomic mass is 9.74. The minimum Gasteiger partial charge on any atom is -0.497 e. The summed E-state index contributed by atoms with van der Waals surface area (Å²) in [5.74, 6) is 0.758. The number of methoxy groups -OCH3 is 1. The topological polar surface area (TPSA) is 42.0 Å². The van der Waals surface area contributed by atoms with E-state index in [-0.39, 0.29) is 24.0 Å². The van der Waals surface area contributed by atoms with Gasteiger partial charge in [0.2, 0.25) is 0 Å². The van der Waals surface area contributed by atoms with Crippen molar-refractivity contribution in [3.8, 4) is 5.75 Å². The number of alkyl halides is 6. The molecule has 0 unspecified atom stereocenters. The maximum Gasteiger partial charge on any atom is 0.434 e. The average Bonchev–Trinajstić information content (AvgIpc) is 2.94. The van der Waals surface area contributed by atoms with E-state index in [4.69, 9.17) is 4.74 Å². The second kappa shape index (κ2) is 8.88. The second-order valence-corrected chi connectivity index (χ2v) is 9.53. The fraction of sp³-hybridized carbons (Fsp3) is 0.682. The maximum atomic E-state index is 12.7.